The van der Waals surface area contributed by atoms with Crippen molar-refractivity contribution in [1.82, 2.24) is 4.90 Å². The van der Waals surface area contributed by atoms with E-state index in [0.717, 1.165) is 37.9 Å². The van der Waals surface area contributed by atoms with E-state index in [1.807, 2.05) is 35.2 Å². The number of piperidine rings is 1. The van der Waals surface area contributed by atoms with E-state index in [2.05, 4.69) is 10.6 Å². The molecule has 1 saturated heterocycles. The van der Waals surface area contributed by atoms with Crippen LogP contribution in [0.4, 0.5) is 15.8 Å². The molecule has 1 aliphatic rings. The first-order valence-corrected chi connectivity index (χ1v) is 11.4. The topological polar surface area (TPSA) is 70.7 Å². The first-order chi connectivity index (χ1) is 16.5. The Bertz CT molecular complexity index is 1150. The van der Waals surface area contributed by atoms with Crippen molar-refractivity contribution in [3.8, 4) is 5.75 Å². The van der Waals surface area contributed by atoms with Crippen LogP contribution in [0, 0.1) is 5.82 Å². The average molecular weight is 462 g/mol. The summed E-state index contributed by atoms with van der Waals surface area (Å²) in [6.45, 7) is 1.50. The fourth-order valence-electron chi connectivity index (χ4n) is 4.12. The molecule has 1 aliphatic heterocycles. The number of benzene rings is 3. The van der Waals surface area contributed by atoms with Gasteiger partial charge in [-0.2, -0.15) is 0 Å². The molecule has 4 rings (SSSR count). The zero-order chi connectivity index (χ0) is 23.9. The summed E-state index contributed by atoms with van der Waals surface area (Å²) in [4.78, 5) is 28.0. The van der Waals surface area contributed by atoms with Gasteiger partial charge in [0.05, 0.1) is 12.8 Å². The highest BCUT2D eigenvalue weighted by Gasteiger charge is 2.27. The summed E-state index contributed by atoms with van der Waals surface area (Å²) < 4.78 is 19.0. The number of anilines is 2. The van der Waals surface area contributed by atoms with Crippen molar-refractivity contribution in [3.05, 3.63) is 89.7 Å². The van der Waals surface area contributed by atoms with Gasteiger partial charge in [0.1, 0.15) is 17.6 Å². The van der Waals surface area contributed by atoms with Crippen LogP contribution in [0.15, 0.2) is 72.8 Å². The molecular formula is C27H28FN3O3. The maximum absolute atomic E-state index is 13.6. The average Bonchev–Trinajstić information content (AvgIpc) is 2.88. The third kappa shape index (κ3) is 5.54. The standard InChI is InChI=1S/C27H28FN3O3/c1-34-24-14-13-22(18-23(24)30-26(32)20-11-8-12-21(28)17-20)29-25(19-9-4-2-5-10-19)27(33)31-15-6-3-7-16-31/h2,4-5,8-14,17-18,25,29H,3,6-7,15-16H2,1H3,(H,30,32). The number of ether oxygens (including phenoxy) is 1. The summed E-state index contributed by atoms with van der Waals surface area (Å²) in [5, 5.41) is 6.13. The molecule has 3 aromatic carbocycles. The van der Waals surface area contributed by atoms with E-state index in [1.165, 1.54) is 31.4 Å². The summed E-state index contributed by atoms with van der Waals surface area (Å²) in [5.41, 5.74) is 2.12. The number of nitrogens with zero attached hydrogens (tertiary/aromatic N) is 1. The van der Waals surface area contributed by atoms with Crippen LogP contribution in [0.25, 0.3) is 0 Å². The highest BCUT2D eigenvalue weighted by Crippen LogP contribution is 2.31. The molecular weight excluding hydrogens is 433 g/mol. The molecule has 176 valence electrons. The van der Waals surface area contributed by atoms with E-state index >= 15 is 0 Å². The summed E-state index contributed by atoms with van der Waals surface area (Å²) in [6.07, 6.45) is 3.15. The fourth-order valence-corrected chi connectivity index (χ4v) is 4.12. The smallest absolute Gasteiger partial charge is 0.255 e. The van der Waals surface area contributed by atoms with E-state index in [9.17, 15) is 14.0 Å². The Morgan fingerprint density at radius 1 is 0.941 bits per heavy atom. The molecule has 2 N–H and O–H groups in total. The largest absolute Gasteiger partial charge is 0.495 e. The van der Waals surface area contributed by atoms with Crippen molar-refractivity contribution in [2.75, 3.05) is 30.8 Å². The Morgan fingerprint density at radius 2 is 1.71 bits per heavy atom. The summed E-state index contributed by atoms with van der Waals surface area (Å²) >= 11 is 0. The second-order valence-electron chi connectivity index (χ2n) is 8.25. The molecule has 34 heavy (non-hydrogen) atoms. The van der Waals surface area contributed by atoms with Crippen LogP contribution in [-0.2, 0) is 4.79 Å². The number of rotatable bonds is 7. The zero-order valence-electron chi connectivity index (χ0n) is 19.1. The number of carbonyl (C=O) groups is 2. The van der Waals surface area contributed by atoms with Crippen LogP contribution in [0.2, 0.25) is 0 Å². The Kier molecular flexibility index (Phi) is 7.42. The number of carbonyl (C=O) groups excluding carboxylic acids is 2. The van der Waals surface area contributed by atoms with Crippen molar-refractivity contribution >= 4 is 23.2 Å². The van der Waals surface area contributed by atoms with Crippen LogP contribution in [0.5, 0.6) is 5.75 Å². The Hall–Kier alpha value is -3.87. The number of likely N-dealkylation sites (tertiary alicyclic amines) is 1. The number of hydrogen-bond acceptors (Lipinski definition) is 4. The molecule has 0 bridgehead atoms. The minimum absolute atomic E-state index is 0.0204. The van der Waals surface area contributed by atoms with E-state index in [0.29, 0.717) is 17.1 Å². The predicted molar refractivity (Wildman–Crippen MR) is 131 cm³/mol. The van der Waals surface area contributed by atoms with Crippen LogP contribution < -0.4 is 15.4 Å². The van der Waals surface area contributed by atoms with Crippen LogP contribution >= 0.6 is 0 Å². The number of hydrogen-bond donors (Lipinski definition) is 2. The lowest BCUT2D eigenvalue weighted by molar-refractivity contribution is -0.133. The van der Waals surface area contributed by atoms with Gasteiger partial charge in [-0.1, -0.05) is 36.4 Å². The van der Waals surface area contributed by atoms with Crippen LogP contribution in [0.3, 0.4) is 0 Å². The number of methoxy groups -OCH3 is 1. The first kappa shape index (κ1) is 23.3. The summed E-state index contributed by atoms with van der Waals surface area (Å²) in [5.74, 6) is -0.475. The zero-order valence-corrected chi connectivity index (χ0v) is 19.1. The maximum atomic E-state index is 13.6. The Morgan fingerprint density at radius 3 is 2.41 bits per heavy atom. The van der Waals surface area contributed by atoms with Gasteiger partial charge in [-0.15, -0.1) is 0 Å². The van der Waals surface area contributed by atoms with E-state index < -0.39 is 17.8 Å². The molecule has 6 nitrogen and oxygen atoms in total. The van der Waals surface area contributed by atoms with Crippen molar-refractivity contribution in [2.45, 2.75) is 25.3 Å². The molecule has 1 fully saturated rings. The normalized spacial score (nSPS) is 14.2. The molecule has 3 aromatic rings. The summed E-state index contributed by atoms with van der Waals surface area (Å²) in [6, 6.07) is 19.7. The maximum Gasteiger partial charge on any atom is 0.255 e. The molecule has 0 saturated carbocycles. The van der Waals surface area contributed by atoms with Gasteiger partial charge in [-0.05, 0) is 61.2 Å². The van der Waals surface area contributed by atoms with Gasteiger partial charge >= 0.3 is 0 Å². The Balaban J connectivity index is 1.60. The minimum atomic E-state index is -0.570. The first-order valence-electron chi connectivity index (χ1n) is 11.4. The van der Waals surface area contributed by atoms with E-state index in [4.69, 9.17) is 4.74 Å². The SMILES string of the molecule is COc1ccc(NC(C(=O)N2CCCCC2)c2ccccc2)cc1NC(=O)c1cccc(F)c1. The van der Waals surface area contributed by atoms with Crippen LogP contribution in [0.1, 0.15) is 41.2 Å². The number of nitrogens with one attached hydrogen (secondary N) is 2. The molecule has 0 aromatic heterocycles. The molecule has 1 heterocycles. The van der Waals surface area contributed by atoms with Crippen molar-refractivity contribution in [1.29, 1.82) is 0 Å². The van der Waals surface area contributed by atoms with Gasteiger partial charge in [0.2, 0.25) is 5.91 Å². The fraction of sp³-hybridized carbons (Fsp3) is 0.259. The molecule has 1 unspecified atom stereocenters. The molecule has 0 aliphatic carbocycles. The second kappa shape index (κ2) is 10.8. The molecule has 7 heteroatoms. The minimum Gasteiger partial charge on any atom is -0.495 e. The van der Waals surface area contributed by atoms with E-state index in [-0.39, 0.29) is 11.5 Å². The Labute approximate surface area is 198 Å². The predicted octanol–water partition coefficient (Wildman–Crippen LogP) is 5.25. The van der Waals surface area contributed by atoms with Gasteiger partial charge in [-0.25, -0.2) is 4.39 Å². The van der Waals surface area contributed by atoms with E-state index in [1.54, 1.807) is 18.2 Å². The monoisotopic (exact) mass is 461 g/mol. The second-order valence-corrected chi connectivity index (χ2v) is 8.25. The molecule has 0 radical (unpaired) electrons. The van der Waals surface area contributed by atoms with Crippen molar-refractivity contribution in [2.24, 2.45) is 0 Å². The quantitative estimate of drug-likeness (QED) is 0.504. The van der Waals surface area contributed by atoms with Crippen LogP contribution in [-0.4, -0.2) is 36.9 Å². The third-order valence-electron chi connectivity index (χ3n) is 5.89. The lowest BCUT2D eigenvalue weighted by Crippen LogP contribution is -2.41. The van der Waals surface area contributed by atoms with Crippen molar-refractivity contribution in [3.63, 3.8) is 0 Å². The highest BCUT2D eigenvalue weighted by atomic mass is 19.1. The third-order valence-corrected chi connectivity index (χ3v) is 5.89. The number of amides is 2. The molecule has 0 spiro atoms. The van der Waals surface area contributed by atoms with Gasteiger partial charge in [0.25, 0.3) is 5.91 Å². The lowest BCUT2D eigenvalue weighted by Gasteiger charge is -2.31. The summed E-state index contributed by atoms with van der Waals surface area (Å²) in [7, 11) is 1.51. The molecule has 2 amide bonds. The van der Waals surface area contributed by atoms with Gasteiger partial charge in [0, 0.05) is 24.3 Å². The molecule has 1 atom stereocenters. The van der Waals surface area contributed by atoms with Gasteiger partial charge < -0.3 is 20.3 Å². The number of halogens is 1. The highest BCUT2D eigenvalue weighted by molar-refractivity contribution is 6.05. The van der Waals surface area contributed by atoms with Gasteiger partial charge in [0.15, 0.2) is 0 Å². The van der Waals surface area contributed by atoms with Crippen molar-refractivity contribution < 1.29 is 18.7 Å². The van der Waals surface area contributed by atoms with Gasteiger partial charge in [-0.3, -0.25) is 9.59 Å². The lowest BCUT2D eigenvalue weighted by atomic mass is 10.0.